The van der Waals surface area contributed by atoms with Gasteiger partial charge in [-0.3, -0.25) is 14.3 Å². The molecule has 0 unspecified atom stereocenters. The van der Waals surface area contributed by atoms with Crippen LogP contribution in [0.15, 0.2) is 52.6 Å². The summed E-state index contributed by atoms with van der Waals surface area (Å²) >= 11 is 0. The number of aromatic nitrogens is 1. The summed E-state index contributed by atoms with van der Waals surface area (Å²) in [5, 5.41) is 28.5. The highest BCUT2D eigenvalue weighted by atomic mass is 31.2. The zero-order chi connectivity index (χ0) is 30.6. The predicted molar refractivity (Wildman–Crippen MR) is 154 cm³/mol. The average Bonchev–Trinajstić information content (AvgIpc) is 3.46. The van der Waals surface area contributed by atoms with E-state index in [-0.39, 0.29) is 23.6 Å². The first-order chi connectivity index (χ1) is 19.1. The van der Waals surface area contributed by atoms with Crippen LogP contribution in [-0.4, -0.2) is 78.0 Å². The maximum atomic E-state index is 13.9. The second-order valence-electron chi connectivity index (χ2n) is 11.1. The number of nitrogens with zero attached hydrogens (tertiary/aromatic N) is 3. The van der Waals surface area contributed by atoms with Gasteiger partial charge in [0.1, 0.15) is 47.2 Å². The van der Waals surface area contributed by atoms with E-state index in [0.717, 1.165) is 0 Å². The molecule has 3 rings (SSSR count). The standard InChI is InChI=1S/C27H40N5O8P/c1-17(25(35)37-16-26(2,3)4)31-41(36,40-18-11-9-8-10-12-18)38-15-20-22(33)23(34)27(5,39-20)21-14-13-19(24(28)29-6)32(21)30-7/h8-14,17,20,22-23,33-34H,7,15-16H2,1-6H3,(H2,28,29)(H,31,36)/t17-,20+,22+,23+,27-,41-/m0/s1. The Balaban J connectivity index is 1.81. The summed E-state index contributed by atoms with van der Waals surface area (Å²) in [5.74, 6) is -0.252. The Morgan fingerprint density at radius 2 is 1.93 bits per heavy atom. The smallest absolute Gasteiger partial charge is 0.459 e. The Morgan fingerprint density at radius 3 is 2.51 bits per heavy atom. The number of carbonyl (C=O) groups excluding carboxylic acids is 1. The van der Waals surface area contributed by atoms with Gasteiger partial charge in [-0.25, -0.2) is 9.24 Å². The second-order valence-corrected chi connectivity index (χ2v) is 12.8. The van der Waals surface area contributed by atoms with Crippen LogP contribution in [0.3, 0.4) is 0 Å². The lowest BCUT2D eigenvalue weighted by Gasteiger charge is -2.28. The van der Waals surface area contributed by atoms with Gasteiger partial charge in [0.05, 0.1) is 18.9 Å². The predicted octanol–water partition coefficient (Wildman–Crippen LogP) is 2.39. The quantitative estimate of drug-likeness (QED) is 0.124. The number of aliphatic imine (C=N–C) groups is 1. The lowest BCUT2D eigenvalue weighted by molar-refractivity contribution is -0.148. The second kappa shape index (κ2) is 12.8. The Kier molecular flexibility index (Phi) is 10.2. The van der Waals surface area contributed by atoms with Crippen molar-refractivity contribution in [1.29, 1.82) is 0 Å². The number of carbonyl (C=O) groups is 1. The highest BCUT2D eigenvalue weighted by Crippen LogP contribution is 2.47. The van der Waals surface area contributed by atoms with Crippen LogP contribution in [0.2, 0.25) is 0 Å². The Hall–Kier alpha value is -3.06. The Labute approximate surface area is 239 Å². The third kappa shape index (κ3) is 7.62. The molecule has 0 radical (unpaired) electrons. The van der Waals surface area contributed by atoms with E-state index in [1.807, 2.05) is 20.8 Å². The molecule has 1 aromatic carbocycles. The minimum Gasteiger partial charge on any atom is -0.464 e. The monoisotopic (exact) mass is 593 g/mol. The van der Waals surface area contributed by atoms with Gasteiger partial charge in [-0.05, 0) is 43.5 Å². The molecule has 5 N–H and O–H groups in total. The fraction of sp³-hybridized carbons (Fsp3) is 0.519. The number of aliphatic hydroxyl groups excluding tert-OH is 2. The first kappa shape index (κ1) is 32.5. The molecule has 0 bridgehead atoms. The van der Waals surface area contributed by atoms with Gasteiger partial charge < -0.3 is 29.9 Å². The van der Waals surface area contributed by atoms with Gasteiger partial charge in [0.15, 0.2) is 0 Å². The summed E-state index contributed by atoms with van der Waals surface area (Å²) in [7, 11) is -2.73. The van der Waals surface area contributed by atoms with Gasteiger partial charge in [0.25, 0.3) is 0 Å². The lowest BCUT2D eigenvalue weighted by Crippen LogP contribution is -2.40. The van der Waals surface area contributed by atoms with E-state index in [1.54, 1.807) is 49.4 Å². The number of nitrogens with one attached hydrogen (secondary N) is 1. The number of hydrogen-bond donors (Lipinski definition) is 4. The molecule has 1 fully saturated rings. The number of hydrogen-bond acceptors (Lipinski definition) is 10. The van der Waals surface area contributed by atoms with Crippen molar-refractivity contribution >= 4 is 26.3 Å². The molecule has 13 nitrogen and oxygen atoms in total. The highest BCUT2D eigenvalue weighted by molar-refractivity contribution is 7.52. The Bertz CT molecular complexity index is 1290. The van der Waals surface area contributed by atoms with Crippen molar-refractivity contribution in [2.45, 2.75) is 64.6 Å². The molecule has 0 spiro atoms. The number of nitrogens with two attached hydrogens (primary N) is 1. The first-order valence-electron chi connectivity index (χ1n) is 13.0. The summed E-state index contributed by atoms with van der Waals surface area (Å²) in [6.07, 6.45) is -4.04. The van der Waals surface area contributed by atoms with Crippen LogP contribution in [0.1, 0.15) is 46.0 Å². The van der Waals surface area contributed by atoms with Gasteiger partial charge in [-0.1, -0.05) is 39.0 Å². The average molecular weight is 594 g/mol. The number of para-hydroxylation sites is 1. The first-order valence-corrected chi connectivity index (χ1v) is 14.6. The maximum Gasteiger partial charge on any atom is 0.459 e. The summed E-state index contributed by atoms with van der Waals surface area (Å²) in [5.41, 5.74) is 4.97. The van der Waals surface area contributed by atoms with Crippen LogP contribution in [0.25, 0.3) is 0 Å². The lowest BCUT2D eigenvalue weighted by atomic mass is 9.93. The molecule has 0 amide bonds. The Morgan fingerprint density at radius 1 is 1.27 bits per heavy atom. The molecule has 2 heterocycles. The molecule has 1 aromatic heterocycles. The molecular formula is C27H40N5O8P. The fourth-order valence-electron chi connectivity index (χ4n) is 4.18. The zero-order valence-corrected chi connectivity index (χ0v) is 25.1. The molecule has 2 aromatic rings. The number of esters is 1. The molecule has 1 aliphatic rings. The van der Waals surface area contributed by atoms with Gasteiger partial charge in [0.2, 0.25) is 0 Å². The van der Waals surface area contributed by atoms with E-state index >= 15 is 0 Å². The van der Waals surface area contributed by atoms with Crippen LogP contribution < -0.4 is 15.3 Å². The van der Waals surface area contributed by atoms with E-state index in [2.05, 4.69) is 21.9 Å². The largest absolute Gasteiger partial charge is 0.464 e. The van der Waals surface area contributed by atoms with E-state index in [1.165, 1.54) is 18.6 Å². The molecular weight excluding hydrogens is 553 g/mol. The van der Waals surface area contributed by atoms with Crippen LogP contribution in [0, 0.1) is 5.41 Å². The number of benzene rings is 1. The van der Waals surface area contributed by atoms with E-state index in [4.69, 9.17) is 24.3 Å². The van der Waals surface area contributed by atoms with Crippen molar-refractivity contribution in [1.82, 2.24) is 9.76 Å². The number of rotatable bonds is 12. The van der Waals surface area contributed by atoms with Crippen molar-refractivity contribution in [2.75, 3.05) is 20.3 Å². The third-order valence-corrected chi connectivity index (χ3v) is 8.05. The van der Waals surface area contributed by atoms with Crippen molar-refractivity contribution in [2.24, 2.45) is 21.2 Å². The number of ether oxygens (including phenoxy) is 2. The van der Waals surface area contributed by atoms with E-state index in [9.17, 15) is 19.6 Å². The topological polar surface area (TPSA) is 179 Å². The number of aliphatic hydroxyl groups is 2. The normalized spacial score (nSPS) is 25.4. The van der Waals surface area contributed by atoms with E-state index < -0.39 is 50.3 Å². The highest BCUT2D eigenvalue weighted by Gasteiger charge is 2.54. The SMILES string of the molecule is C=Nn1c(/C(N)=N\C)ccc1[C@]1(C)O[C@H](CO[P@@](=O)(N[C@@H](C)C(=O)OCC(C)(C)C)Oc2ccccc2)[C@@H](O)[C@H]1O. The van der Waals surface area contributed by atoms with Crippen molar-refractivity contribution in [3.8, 4) is 5.75 Å². The fourth-order valence-corrected chi connectivity index (χ4v) is 5.68. The van der Waals surface area contributed by atoms with Crippen LogP contribution in [0.4, 0.5) is 0 Å². The van der Waals surface area contributed by atoms with Crippen molar-refractivity contribution in [3.63, 3.8) is 0 Å². The van der Waals surface area contributed by atoms with Gasteiger partial charge >= 0.3 is 13.7 Å². The summed E-state index contributed by atoms with van der Waals surface area (Å²) in [4.78, 5) is 16.6. The maximum absolute atomic E-state index is 13.9. The van der Waals surface area contributed by atoms with Gasteiger partial charge in [-0.15, -0.1) is 0 Å². The van der Waals surface area contributed by atoms with Crippen molar-refractivity contribution in [3.05, 3.63) is 53.9 Å². The van der Waals surface area contributed by atoms with Crippen LogP contribution in [-0.2, 0) is 29.0 Å². The van der Waals surface area contributed by atoms with Gasteiger partial charge in [-0.2, -0.15) is 10.2 Å². The molecule has 1 saturated heterocycles. The van der Waals surface area contributed by atoms with Crippen LogP contribution >= 0.6 is 7.75 Å². The summed E-state index contributed by atoms with van der Waals surface area (Å²) in [6.45, 7) is 12.0. The molecule has 226 valence electrons. The summed E-state index contributed by atoms with van der Waals surface area (Å²) < 4.78 is 38.0. The number of amidine groups is 1. The molecule has 14 heteroatoms. The summed E-state index contributed by atoms with van der Waals surface area (Å²) in [6, 6.07) is 10.4. The van der Waals surface area contributed by atoms with Gasteiger partial charge in [0, 0.05) is 13.8 Å². The minimum atomic E-state index is -4.25. The minimum absolute atomic E-state index is 0.153. The molecule has 0 saturated carbocycles. The molecule has 41 heavy (non-hydrogen) atoms. The van der Waals surface area contributed by atoms with E-state index in [0.29, 0.717) is 11.4 Å². The van der Waals surface area contributed by atoms with Crippen molar-refractivity contribution < 1.29 is 38.1 Å². The molecule has 1 aliphatic heterocycles. The molecule has 0 aliphatic carbocycles. The van der Waals surface area contributed by atoms with Crippen LogP contribution in [0.5, 0.6) is 5.75 Å². The zero-order valence-electron chi connectivity index (χ0n) is 24.2. The molecule has 6 atom stereocenters. The third-order valence-electron chi connectivity index (χ3n) is 6.40.